The van der Waals surface area contributed by atoms with Gasteiger partial charge in [0.15, 0.2) is 11.5 Å². The van der Waals surface area contributed by atoms with Gasteiger partial charge in [0, 0.05) is 41.8 Å². The quantitative estimate of drug-likeness (QED) is 0.785. The Balaban J connectivity index is 1.55. The van der Waals surface area contributed by atoms with Crippen molar-refractivity contribution in [2.24, 2.45) is 4.99 Å². The minimum Gasteiger partial charge on any atom is -0.508 e. The number of hydrogen-bond donors (Lipinski definition) is 2. The molecule has 5 rings (SSSR count). The highest BCUT2D eigenvalue weighted by Gasteiger charge is 2.40. The average Bonchev–Trinajstić information content (AvgIpc) is 3.20. The predicted molar refractivity (Wildman–Crippen MR) is 112 cm³/mol. The van der Waals surface area contributed by atoms with Gasteiger partial charge in [-0.1, -0.05) is 11.6 Å². The minimum atomic E-state index is -0.351. The van der Waals surface area contributed by atoms with Gasteiger partial charge in [0.25, 0.3) is 0 Å². The summed E-state index contributed by atoms with van der Waals surface area (Å²) in [6.07, 6.45) is 2.48. The van der Waals surface area contributed by atoms with Gasteiger partial charge < -0.3 is 19.5 Å². The number of likely N-dealkylation sites (tertiary alicyclic amines) is 1. The fourth-order valence-corrected chi connectivity index (χ4v) is 4.58. The van der Waals surface area contributed by atoms with Crippen molar-refractivity contribution < 1.29 is 14.6 Å². The Labute approximate surface area is 175 Å². The molecule has 2 aromatic carbocycles. The highest BCUT2D eigenvalue weighted by atomic mass is 35.5. The van der Waals surface area contributed by atoms with Gasteiger partial charge in [-0.15, -0.1) is 0 Å². The van der Waals surface area contributed by atoms with E-state index in [4.69, 9.17) is 26.1 Å². The zero-order chi connectivity index (χ0) is 20.0. The predicted octanol–water partition coefficient (Wildman–Crippen LogP) is 3.72. The van der Waals surface area contributed by atoms with Crippen LogP contribution in [0.25, 0.3) is 0 Å². The van der Waals surface area contributed by atoms with E-state index < -0.39 is 0 Å². The average molecular weight is 414 g/mol. The van der Waals surface area contributed by atoms with Gasteiger partial charge in [-0.2, -0.15) is 0 Å². The van der Waals surface area contributed by atoms with Crippen LogP contribution >= 0.6 is 11.6 Å². The largest absolute Gasteiger partial charge is 0.508 e. The lowest BCUT2D eigenvalue weighted by molar-refractivity contribution is 0.144. The molecule has 29 heavy (non-hydrogen) atoms. The monoisotopic (exact) mass is 413 g/mol. The maximum Gasteiger partial charge on any atom is 0.231 e. The highest BCUT2D eigenvalue weighted by Crippen LogP contribution is 2.40. The molecule has 0 saturated carbocycles. The van der Waals surface area contributed by atoms with Crippen molar-refractivity contribution in [3.8, 4) is 17.2 Å². The first-order valence-corrected chi connectivity index (χ1v) is 10.3. The number of phenolic OH excluding ortho intramolecular Hbond substituents is 1. The van der Waals surface area contributed by atoms with Crippen molar-refractivity contribution in [3.63, 3.8) is 0 Å². The van der Waals surface area contributed by atoms with Crippen molar-refractivity contribution >= 4 is 17.3 Å². The number of aromatic hydroxyl groups is 1. The topological polar surface area (TPSA) is 66.3 Å². The van der Waals surface area contributed by atoms with Gasteiger partial charge >= 0.3 is 0 Å². The van der Waals surface area contributed by atoms with Crippen LogP contribution in [0.15, 0.2) is 41.4 Å². The molecule has 0 radical (unpaired) electrons. The smallest absolute Gasteiger partial charge is 0.231 e. The molecule has 1 spiro atoms. The maximum atomic E-state index is 10.5. The molecule has 0 amide bonds. The summed E-state index contributed by atoms with van der Waals surface area (Å²) in [6, 6.07) is 11.1. The van der Waals surface area contributed by atoms with E-state index in [9.17, 15) is 5.11 Å². The van der Waals surface area contributed by atoms with Gasteiger partial charge in [-0.05, 0) is 61.9 Å². The summed E-state index contributed by atoms with van der Waals surface area (Å²) >= 11 is 6.24. The highest BCUT2D eigenvalue weighted by molar-refractivity contribution is 6.30. The Kier molecular flexibility index (Phi) is 4.65. The summed E-state index contributed by atoms with van der Waals surface area (Å²) in [5.41, 5.74) is 2.50. The van der Waals surface area contributed by atoms with Crippen LogP contribution in [-0.2, 0) is 0 Å². The van der Waals surface area contributed by atoms with Crippen molar-refractivity contribution in [1.82, 2.24) is 10.2 Å². The van der Waals surface area contributed by atoms with Gasteiger partial charge in [0.1, 0.15) is 11.4 Å². The molecule has 2 aromatic rings. The standard InChI is InChI=1S/C22H24ClN3O3/c1-26-8-6-22(7-9-26)24-17(14-2-5-20-21(10-14)29-13-28-20)12-18(25-22)16-11-15(23)3-4-19(16)27/h2-5,10-11,18,25,27H,6-9,12-13H2,1H3/t18-/m1/s1. The molecule has 3 heterocycles. The number of hydrogen-bond acceptors (Lipinski definition) is 6. The lowest BCUT2D eigenvalue weighted by Gasteiger charge is -2.44. The molecule has 6 nitrogen and oxygen atoms in total. The summed E-state index contributed by atoms with van der Waals surface area (Å²) in [5, 5.41) is 14.9. The third kappa shape index (κ3) is 3.56. The first-order valence-electron chi connectivity index (χ1n) is 9.95. The molecule has 0 aromatic heterocycles. The Bertz CT molecular complexity index is 970. The summed E-state index contributed by atoms with van der Waals surface area (Å²) < 4.78 is 11.0. The minimum absolute atomic E-state index is 0.0740. The fraction of sp³-hybridized carbons (Fsp3) is 0.409. The molecular weight excluding hydrogens is 390 g/mol. The Morgan fingerprint density at radius 3 is 2.76 bits per heavy atom. The molecular formula is C22H24ClN3O3. The van der Waals surface area contributed by atoms with Gasteiger partial charge in [-0.3, -0.25) is 10.3 Å². The lowest BCUT2D eigenvalue weighted by Crippen LogP contribution is -2.55. The van der Waals surface area contributed by atoms with Crippen molar-refractivity contribution in [1.29, 1.82) is 0 Å². The SMILES string of the molecule is CN1CCC2(CC1)N=C(c1ccc3c(c1)OCO3)C[C@H](c1cc(Cl)ccc1O)N2. The molecule has 152 valence electrons. The van der Waals surface area contributed by atoms with Crippen LogP contribution in [0.5, 0.6) is 17.2 Å². The first kappa shape index (κ1) is 18.7. The van der Waals surface area contributed by atoms with Crippen molar-refractivity contribution in [3.05, 3.63) is 52.5 Å². The van der Waals surface area contributed by atoms with Crippen molar-refractivity contribution in [2.45, 2.75) is 31.0 Å². The molecule has 1 atom stereocenters. The number of nitrogens with one attached hydrogen (secondary N) is 1. The van der Waals surface area contributed by atoms with Gasteiger partial charge in [-0.25, -0.2) is 0 Å². The first-order chi connectivity index (χ1) is 14.0. The van der Waals surface area contributed by atoms with E-state index in [2.05, 4.69) is 17.3 Å². The van der Waals surface area contributed by atoms with Crippen LogP contribution in [-0.4, -0.2) is 48.3 Å². The summed E-state index contributed by atoms with van der Waals surface area (Å²) in [7, 11) is 2.14. The third-order valence-electron chi connectivity index (χ3n) is 6.07. The number of phenols is 1. The second-order valence-electron chi connectivity index (χ2n) is 8.07. The molecule has 1 fully saturated rings. The Hall–Kier alpha value is -2.28. The number of aliphatic imine (C=N–C) groups is 1. The molecule has 1 saturated heterocycles. The number of piperidine rings is 1. The fourth-order valence-electron chi connectivity index (χ4n) is 4.40. The lowest BCUT2D eigenvalue weighted by atomic mass is 9.87. The van der Waals surface area contributed by atoms with Crippen LogP contribution in [0.2, 0.25) is 5.02 Å². The molecule has 0 bridgehead atoms. The Morgan fingerprint density at radius 2 is 1.93 bits per heavy atom. The van der Waals surface area contributed by atoms with Crippen LogP contribution in [0.4, 0.5) is 0 Å². The summed E-state index contributed by atoms with van der Waals surface area (Å²) in [4.78, 5) is 7.52. The zero-order valence-corrected chi connectivity index (χ0v) is 17.1. The second kappa shape index (κ2) is 7.20. The van der Waals surface area contributed by atoms with Crippen LogP contribution < -0.4 is 14.8 Å². The summed E-state index contributed by atoms with van der Waals surface area (Å²) in [6.45, 7) is 2.19. The second-order valence-corrected chi connectivity index (χ2v) is 8.50. The number of rotatable bonds is 2. The van der Waals surface area contributed by atoms with Gasteiger partial charge in [0.05, 0.1) is 0 Å². The number of benzene rings is 2. The molecule has 3 aliphatic rings. The zero-order valence-electron chi connectivity index (χ0n) is 16.3. The van der Waals surface area contributed by atoms with E-state index >= 15 is 0 Å². The van der Waals surface area contributed by atoms with Crippen LogP contribution in [0.1, 0.15) is 36.4 Å². The van der Waals surface area contributed by atoms with Crippen LogP contribution in [0.3, 0.4) is 0 Å². The van der Waals surface area contributed by atoms with E-state index in [0.29, 0.717) is 11.4 Å². The van der Waals surface area contributed by atoms with E-state index in [1.165, 1.54) is 0 Å². The van der Waals surface area contributed by atoms with Gasteiger partial charge in [0.2, 0.25) is 6.79 Å². The number of halogens is 1. The van der Waals surface area contributed by atoms with E-state index in [1.54, 1.807) is 12.1 Å². The molecule has 7 heteroatoms. The van der Waals surface area contributed by atoms with Crippen LogP contribution in [0, 0.1) is 0 Å². The van der Waals surface area contributed by atoms with E-state index in [1.807, 2.05) is 24.3 Å². The van der Waals surface area contributed by atoms with Crippen molar-refractivity contribution in [2.75, 3.05) is 26.9 Å². The number of ether oxygens (including phenoxy) is 2. The molecule has 3 aliphatic heterocycles. The number of fused-ring (bicyclic) bond motifs is 1. The van der Waals surface area contributed by atoms with E-state index in [-0.39, 0.29) is 24.2 Å². The third-order valence-corrected chi connectivity index (χ3v) is 6.31. The maximum absolute atomic E-state index is 10.5. The normalized spacial score (nSPS) is 23.2. The molecule has 0 unspecified atom stereocenters. The Morgan fingerprint density at radius 1 is 1.14 bits per heavy atom. The number of nitrogens with zero attached hydrogens (tertiary/aromatic N) is 2. The molecule has 0 aliphatic carbocycles. The summed E-state index contributed by atoms with van der Waals surface area (Å²) in [5.74, 6) is 1.77. The molecule has 2 N–H and O–H groups in total. The van der Waals surface area contributed by atoms with E-state index in [0.717, 1.165) is 54.3 Å².